The third-order valence-corrected chi connectivity index (χ3v) is 9.34. The van der Waals surface area contributed by atoms with Crippen molar-refractivity contribution in [1.82, 2.24) is 9.62 Å². The molecule has 3 rings (SSSR count). The molecule has 1 amide bonds. The number of aryl methyl sites for hydroxylation is 1. The molecule has 0 aliphatic carbocycles. The van der Waals surface area contributed by atoms with Crippen molar-refractivity contribution >= 4 is 33.7 Å². The Morgan fingerprint density at radius 1 is 0.976 bits per heavy atom. The summed E-state index contributed by atoms with van der Waals surface area (Å²) in [6.07, 6.45) is 3.20. The van der Waals surface area contributed by atoms with E-state index in [-0.39, 0.29) is 37.6 Å². The van der Waals surface area contributed by atoms with Gasteiger partial charge in [0.1, 0.15) is 0 Å². The van der Waals surface area contributed by atoms with E-state index in [0.717, 1.165) is 22.3 Å². The molecule has 10 heteroatoms. The number of carbonyl (C=O) groups excluding carboxylic acids is 2. The third-order valence-electron chi connectivity index (χ3n) is 6.67. The molecule has 0 heterocycles. The summed E-state index contributed by atoms with van der Waals surface area (Å²) < 4.78 is 27.9. The van der Waals surface area contributed by atoms with Gasteiger partial charge in [-0.25, -0.2) is 8.42 Å². The van der Waals surface area contributed by atoms with Crippen molar-refractivity contribution in [2.45, 2.75) is 45.7 Å². The Hall–Kier alpha value is -2.54. The van der Waals surface area contributed by atoms with Crippen LogP contribution in [0.15, 0.2) is 72.8 Å². The van der Waals surface area contributed by atoms with Crippen molar-refractivity contribution in [2.75, 3.05) is 24.3 Å². The first-order valence-electron chi connectivity index (χ1n) is 13.4. The van der Waals surface area contributed by atoms with Crippen molar-refractivity contribution in [3.05, 3.63) is 95.1 Å². The van der Waals surface area contributed by atoms with Crippen LogP contribution in [0, 0.1) is 6.92 Å². The molecule has 3 aromatic carbocycles. The summed E-state index contributed by atoms with van der Waals surface area (Å²) in [6.45, 7) is 4.27. The first-order valence-corrected chi connectivity index (χ1v) is 16.4. The van der Waals surface area contributed by atoms with Crippen LogP contribution >= 0.6 is 11.8 Å². The van der Waals surface area contributed by atoms with Gasteiger partial charge in [-0.3, -0.25) is 4.79 Å². The van der Waals surface area contributed by atoms with Gasteiger partial charge in [0.05, 0.1) is 17.8 Å². The molecule has 0 unspecified atom stereocenters. The van der Waals surface area contributed by atoms with Crippen LogP contribution in [0.2, 0.25) is 0 Å². The largest absolute Gasteiger partial charge is 1.00 e. The molecule has 0 aliphatic heterocycles. The van der Waals surface area contributed by atoms with Crippen LogP contribution in [-0.4, -0.2) is 54.9 Å². The van der Waals surface area contributed by atoms with Crippen LogP contribution in [0.25, 0.3) is 11.1 Å². The van der Waals surface area contributed by atoms with Gasteiger partial charge in [0.2, 0.25) is 10.0 Å². The number of sulfonamides is 1. The summed E-state index contributed by atoms with van der Waals surface area (Å²) in [5.41, 5.74) is 4.48. The van der Waals surface area contributed by atoms with Gasteiger partial charge in [0, 0.05) is 18.7 Å². The molecule has 214 valence electrons. The first kappa shape index (κ1) is 34.7. The Bertz CT molecular complexity index is 1400. The van der Waals surface area contributed by atoms with Crippen molar-refractivity contribution in [3.63, 3.8) is 0 Å². The Kier molecular flexibility index (Phi) is 14.2. The van der Waals surface area contributed by atoms with Crippen molar-refractivity contribution in [3.8, 4) is 11.1 Å². The van der Waals surface area contributed by atoms with E-state index < -0.39 is 27.9 Å². The summed E-state index contributed by atoms with van der Waals surface area (Å²) in [4.78, 5) is 25.0. The van der Waals surface area contributed by atoms with Gasteiger partial charge in [-0.2, -0.15) is 16.1 Å². The number of hydrogen-bond acceptors (Lipinski definition) is 6. The van der Waals surface area contributed by atoms with Crippen LogP contribution in [0.3, 0.4) is 0 Å². The molecule has 7 nitrogen and oxygen atoms in total. The van der Waals surface area contributed by atoms with Gasteiger partial charge in [-0.15, -0.1) is 0 Å². The fourth-order valence-corrected chi connectivity index (χ4v) is 6.47. The average molecular weight is 589 g/mol. The number of carbonyl (C=O) groups is 2. The number of nitrogens with zero attached hydrogens (tertiary/aromatic N) is 1. The van der Waals surface area contributed by atoms with E-state index in [0.29, 0.717) is 36.3 Å². The van der Waals surface area contributed by atoms with Crippen LogP contribution in [0.4, 0.5) is 0 Å². The number of nitrogens with one attached hydrogen (secondary N) is 1. The van der Waals surface area contributed by atoms with Gasteiger partial charge in [0.15, 0.2) is 0 Å². The second-order valence-corrected chi connectivity index (χ2v) is 12.8. The van der Waals surface area contributed by atoms with E-state index >= 15 is 0 Å². The van der Waals surface area contributed by atoms with E-state index in [9.17, 15) is 23.1 Å². The molecule has 0 fully saturated rings. The Balaban J connectivity index is 0.00000588. The molecule has 0 saturated carbocycles. The van der Waals surface area contributed by atoms with E-state index in [4.69, 9.17) is 0 Å². The van der Waals surface area contributed by atoms with Crippen molar-refractivity contribution in [1.29, 1.82) is 0 Å². The summed E-state index contributed by atoms with van der Waals surface area (Å²) in [7, 11) is -3.51. The molecule has 0 saturated heterocycles. The number of thioether (sulfide) groups is 1. The standard InChI is InChI=1S/C31H38N2O5S2.Li/c1-4-20-40(37,38)33(18-16-24-11-6-5-7-12-24)22-25-14-15-27(28(21-25)26-13-9-8-10-23(26)2)30(34)32-29(31(35)36)17-19-39-3;/h5-15,21,29H,4,16-20,22H2,1-3H3,(H,32,34)(H,35,36);/q;+1/p-1/t29-;/m0./s1. The summed E-state index contributed by atoms with van der Waals surface area (Å²) >= 11 is 1.49. The minimum atomic E-state index is -3.51. The second kappa shape index (κ2) is 16.8. The molecular weight excluding hydrogens is 551 g/mol. The smallest absolute Gasteiger partial charge is 0.548 e. The maximum atomic E-state index is 13.4. The Morgan fingerprint density at radius 3 is 2.29 bits per heavy atom. The third kappa shape index (κ3) is 10.0. The van der Waals surface area contributed by atoms with Gasteiger partial charge >= 0.3 is 18.9 Å². The van der Waals surface area contributed by atoms with Gasteiger partial charge in [0.25, 0.3) is 5.91 Å². The number of hydrogen-bond donors (Lipinski definition) is 1. The number of carboxylic acids is 1. The monoisotopic (exact) mass is 588 g/mol. The van der Waals surface area contributed by atoms with E-state index in [1.807, 2.05) is 80.8 Å². The van der Waals surface area contributed by atoms with E-state index in [1.165, 1.54) is 16.1 Å². The maximum absolute atomic E-state index is 13.4. The zero-order chi connectivity index (χ0) is 29.1. The molecule has 41 heavy (non-hydrogen) atoms. The summed E-state index contributed by atoms with van der Waals surface area (Å²) in [6, 6.07) is 21.5. The minimum absolute atomic E-state index is 0. The predicted molar refractivity (Wildman–Crippen MR) is 161 cm³/mol. The number of rotatable bonds is 15. The topological polar surface area (TPSA) is 107 Å². The summed E-state index contributed by atoms with van der Waals surface area (Å²) in [5.74, 6) is -1.23. The predicted octanol–water partition coefficient (Wildman–Crippen LogP) is 1.05. The number of carboxylic acid groups (broad SMARTS) is 1. The molecule has 1 N–H and O–H groups in total. The van der Waals surface area contributed by atoms with Crippen molar-refractivity contribution in [2.24, 2.45) is 0 Å². The minimum Gasteiger partial charge on any atom is -0.548 e. The van der Waals surface area contributed by atoms with E-state index in [1.54, 1.807) is 12.1 Å². The quantitative estimate of drug-likeness (QED) is 0.266. The molecule has 1 atom stereocenters. The average Bonchev–Trinajstić information content (AvgIpc) is 2.93. The maximum Gasteiger partial charge on any atom is 1.00 e. The van der Waals surface area contributed by atoms with Crippen LogP contribution in [-0.2, 0) is 27.8 Å². The van der Waals surface area contributed by atoms with Crippen LogP contribution in [0.5, 0.6) is 0 Å². The SMILES string of the molecule is CCCS(=O)(=O)N(CCc1ccccc1)Cc1ccc(C(=O)N[C@@H](CCSC)C(=O)[O-])c(-c2ccccc2C)c1.[Li+]. The fourth-order valence-electron chi connectivity index (χ4n) is 4.51. The van der Waals surface area contributed by atoms with Crippen LogP contribution in [0.1, 0.15) is 46.8 Å². The van der Waals surface area contributed by atoms with Crippen LogP contribution < -0.4 is 29.3 Å². The van der Waals surface area contributed by atoms with Crippen molar-refractivity contribution < 1.29 is 42.0 Å². The second-order valence-electron chi connectivity index (χ2n) is 9.71. The number of aliphatic carboxylic acids is 1. The zero-order valence-electron chi connectivity index (χ0n) is 24.3. The molecule has 0 aromatic heterocycles. The molecule has 0 radical (unpaired) electrons. The van der Waals surface area contributed by atoms with E-state index in [2.05, 4.69) is 5.32 Å². The van der Waals surface area contributed by atoms with Gasteiger partial charge < -0.3 is 15.2 Å². The Labute approximate surface area is 260 Å². The fraction of sp³-hybridized carbons (Fsp3) is 0.355. The summed E-state index contributed by atoms with van der Waals surface area (Å²) in [5, 5.41) is 14.3. The first-order chi connectivity index (χ1) is 19.2. The molecule has 0 bridgehead atoms. The zero-order valence-corrected chi connectivity index (χ0v) is 25.9. The molecule has 0 aliphatic rings. The number of benzene rings is 3. The van der Waals surface area contributed by atoms with Gasteiger partial charge in [-0.1, -0.05) is 67.6 Å². The molecule has 3 aromatic rings. The van der Waals surface area contributed by atoms with Gasteiger partial charge in [-0.05, 0) is 78.1 Å². The molecule has 0 spiro atoms. The normalized spacial score (nSPS) is 12.0. The Morgan fingerprint density at radius 2 is 1.66 bits per heavy atom. The molecular formula is C31H37LiN2O5S2. The number of amides is 1.